The molecule has 0 saturated carbocycles. The minimum atomic E-state index is -3.76. The van der Waals surface area contributed by atoms with Crippen LogP contribution >= 0.6 is 34.3 Å². The van der Waals surface area contributed by atoms with Gasteiger partial charge in [-0.15, -0.1) is 22.7 Å². The summed E-state index contributed by atoms with van der Waals surface area (Å²) in [5, 5.41) is 5.67. The number of hydrogen-bond donors (Lipinski definition) is 0. The quantitative estimate of drug-likeness (QED) is 0.117. The van der Waals surface area contributed by atoms with Gasteiger partial charge in [0, 0.05) is 86.4 Å². The van der Waals surface area contributed by atoms with Crippen molar-refractivity contribution in [3.63, 3.8) is 0 Å². The van der Waals surface area contributed by atoms with Crippen molar-refractivity contribution in [2.75, 3.05) is 90.6 Å². The van der Waals surface area contributed by atoms with E-state index in [1.807, 2.05) is 10.3 Å². The fourth-order valence-electron chi connectivity index (χ4n) is 7.35. The third-order valence-electron chi connectivity index (χ3n) is 10.7. The number of aromatic nitrogens is 2. The van der Waals surface area contributed by atoms with Crippen molar-refractivity contribution < 1.29 is 40.2 Å². The zero-order valence-electron chi connectivity index (χ0n) is 36.1. The van der Waals surface area contributed by atoms with Gasteiger partial charge in [0.15, 0.2) is 10.3 Å². The predicted molar refractivity (Wildman–Crippen MR) is 251 cm³/mol. The molecule has 2 aliphatic heterocycles. The molecule has 2 saturated heterocycles. The summed E-state index contributed by atoms with van der Waals surface area (Å²) in [7, 11) is -1.56. The first-order valence-electron chi connectivity index (χ1n) is 20.0. The monoisotopic (exact) mass is 970 g/mol. The van der Waals surface area contributed by atoms with E-state index in [-0.39, 0.29) is 20.6 Å². The highest BCUT2D eigenvalue weighted by atomic mass is 35.5. The van der Waals surface area contributed by atoms with Gasteiger partial charge in [0.05, 0.1) is 44.8 Å². The van der Waals surface area contributed by atoms with Gasteiger partial charge in [-0.05, 0) is 68.4 Å². The number of halogens is 2. The van der Waals surface area contributed by atoms with Crippen LogP contribution in [0.5, 0.6) is 23.0 Å². The Kier molecular flexibility index (Phi) is 14.7. The van der Waals surface area contributed by atoms with Crippen molar-refractivity contribution in [3.05, 3.63) is 106 Å². The molecule has 0 spiro atoms. The fourth-order valence-corrected chi connectivity index (χ4v) is 12.5. The summed E-state index contributed by atoms with van der Waals surface area (Å²) in [6.45, 7) is 7.66. The van der Waals surface area contributed by atoms with E-state index in [1.54, 1.807) is 47.7 Å². The fraction of sp³-hybridized carbons (Fsp3) is 0.318. The van der Waals surface area contributed by atoms with Crippen molar-refractivity contribution in [2.45, 2.75) is 23.6 Å². The summed E-state index contributed by atoms with van der Waals surface area (Å²) >= 11 is 8.92. The maximum Gasteiger partial charge on any atom is 0.247 e. The lowest BCUT2D eigenvalue weighted by molar-refractivity contribution is 0.370. The topological polar surface area (TPSA) is 144 Å². The molecule has 0 aliphatic carbocycles. The maximum absolute atomic E-state index is 13.4. The number of nitrogens with zero attached hydrogens (tertiary/aromatic N) is 6. The van der Waals surface area contributed by atoms with E-state index in [0.29, 0.717) is 75.3 Å². The average Bonchev–Trinajstić information content (AvgIpc) is 4.01. The Morgan fingerprint density at radius 1 is 0.562 bits per heavy atom. The lowest BCUT2D eigenvalue weighted by Gasteiger charge is -2.34. The second-order valence-electron chi connectivity index (χ2n) is 14.9. The van der Waals surface area contributed by atoms with E-state index in [9.17, 15) is 21.2 Å². The van der Waals surface area contributed by atoms with Crippen LogP contribution in [0.3, 0.4) is 0 Å². The maximum atomic E-state index is 13.4. The van der Waals surface area contributed by atoms with Crippen molar-refractivity contribution in [1.82, 2.24) is 18.6 Å². The molecule has 0 amide bonds. The van der Waals surface area contributed by atoms with Gasteiger partial charge in [0.25, 0.3) is 0 Å². The number of benzene rings is 4. The molecule has 64 heavy (non-hydrogen) atoms. The smallest absolute Gasteiger partial charge is 0.247 e. The van der Waals surface area contributed by atoms with Gasteiger partial charge in [-0.3, -0.25) is 0 Å². The molecule has 6 aromatic rings. The second-order valence-corrected chi connectivity index (χ2v) is 20.7. The number of sulfonamides is 2. The van der Waals surface area contributed by atoms with Gasteiger partial charge < -0.3 is 28.7 Å². The number of piperazine rings is 2. The van der Waals surface area contributed by atoms with Gasteiger partial charge in [-0.25, -0.2) is 31.2 Å². The molecule has 0 atom stereocenters. The Bertz CT molecular complexity index is 2810. The summed E-state index contributed by atoms with van der Waals surface area (Å²) in [5.74, 6) is 1.03. The Labute approximate surface area is 386 Å². The largest absolute Gasteiger partial charge is 0.497 e. The third kappa shape index (κ3) is 10.3. The number of rotatable bonds is 12. The summed E-state index contributed by atoms with van der Waals surface area (Å²) in [6, 6.07) is 20.4. The van der Waals surface area contributed by atoms with Crippen LogP contribution in [0, 0.1) is 19.7 Å². The molecule has 4 aromatic carbocycles. The average molecular weight is 972 g/mol. The summed E-state index contributed by atoms with van der Waals surface area (Å²) in [4.78, 5) is 13.8. The molecule has 2 aliphatic rings. The van der Waals surface area contributed by atoms with E-state index in [4.69, 9.17) is 35.5 Å². The Morgan fingerprint density at radius 3 is 1.41 bits per heavy atom. The molecular weight excluding hydrogens is 923 g/mol. The summed E-state index contributed by atoms with van der Waals surface area (Å²) < 4.78 is 90.4. The van der Waals surface area contributed by atoms with Crippen molar-refractivity contribution >= 4 is 64.6 Å². The minimum Gasteiger partial charge on any atom is -0.497 e. The number of ether oxygens (including phenoxy) is 4. The van der Waals surface area contributed by atoms with E-state index >= 15 is 0 Å². The molecule has 0 unspecified atom stereocenters. The van der Waals surface area contributed by atoms with Gasteiger partial charge in [0.1, 0.15) is 38.6 Å². The molecule has 8 rings (SSSR count). The highest BCUT2D eigenvalue weighted by Gasteiger charge is 2.34. The van der Waals surface area contributed by atoms with Crippen LogP contribution in [0.1, 0.15) is 11.1 Å². The third-order valence-corrected chi connectivity index (χ3v) is 16.6. The van der Waals surface area contributed by atoms with Crippen LogP contribution in [0.2, 0.25) is 5.02 Å². The van der Waals surface area contributed by atoms with Crippen LogP contribution < -0.4 is 28.7 Å². The summed E-state index contributed by atoms with van der Waals surface area (Å²) in [6.07, 6.45) is 0. The van der Waals surface area contributed by atoms with Crippen molar-refractivity contribution in [1.29, 1.82) is 0 Å². The molecule has 0 radical (unpaired) electrons. The normalized spacial score (nSPS) is 15.1. The first-order chi connectivity index (χ1) is 30.6. The Morgan fingerprint density at radius 2 is 1.00 bits per heavy atom. The van der Waals surface area contributed by atoms with Gasteiger partial charge >= 0.3 is 0 Å². The van der Waals surface area contributed by atoms with Crippen LogP contribution in [0.4, 0.5) is 14.7 Å². The van der Waals surface area contributed by atoms with E-state index < -0.39 is 25.9 Å². The van der Waals surface area contributed by atoms with Gasteiger partial charge in [-0.1, -0.05) is 28.8 Å². The number of hydrogen-bond acceptors (Lipinski definition) is 14. The lowest BCUT2D eigenvalue weighted by atomic mass is 10.1. The molecular formula is C44H48ClFN6O8S4. The number of thiazole rings is 2. The standard InChI is InChI=1S/C23H27N3O4S2.C21H21ClFN3O4S2/c1-16-11-17(2)13-18(12-16)20-15-31-23(24-20)25-7-9-26(10-8-25)32(27,28)22-14-19(29-3)5-6-21(22)30-4;1-29-15-4-6-19(30-2)20(12-15)32(27,28)26-9-7-25(8-10-26)21-24-18(13-31-21)14-3-5-17(23)16(22)11-14/h5-6,11-15H,7-10H2,1-4H3;3-6,11-13H,7-10H2,1-2H3. The van der Waals surface area contributed by atoms with Gasteiger partial charge in [0.2, 0.25) is 20.0 Å². The molecule has 20 heteroatoms. The second kappa shape index (κ2) is 20.0. The van der Waals surface area contributed by atoms with Crippen molar-refractivity contribution in [3.8, 4) is 45.5 Å². The number of anilines is 2. The van der Waals surface area contributed by atoms with Gasteiger partial charge in [-0.2, -0.15) is 8.61 Å². The highest BCUT2D eigenvalue weighted by molar-refractivity contribution is 7.89. The van der Waals surface area contributed by atoms with Crippen LogP contribution in [0.25, 0.3) is 22.5 Å². The molecule has 340 valence electrons. The molecule has 2 aromatic heterocycles. The number of methoxy groups -OCH3 is 4. The molecule has 0 bridgehead atoms. The predicted octanol–water partition coefficient (Wildman–Crippen LogP) is 8.09. The SMILES string of the molecule is COc1ccc(OC)c(S(=O)(=O)N2CCN(c3nc(-c4cc(C)cc(C)c4)cs3)CC2)c1.COc1ccc(OC)c(S(=O)(=O)N2CCN(c3nc(-c4ccc(F)c(Cl)c4)cs3)CC2)c1. The molecule has 0 N–H and O–H groups in total. The summed E-state index contributed by atoms with van der Waals surface area (Å²) in [5.41, 5.74) is 5.90. The van der Waals surface area contributed by atoms with Crippen LogP contribution in [-0.2, 0) is 20.0 Å². The zero-order chi connectivity index (χ0) is 45.8. The number of aryl methyl sites for hydroxylation is 2. The van der Waals surface area contributed by atoms with E-state index in [1.165, 1.54) is 77.7 Å². The van der Waals surface area contributed by atoms with E-state index in [2.05, 4.69) is 47.3 Å². The Balaban J connectivity index is 0.000000191. The molecule has 14 nitrogen and oxygen atoms in total. The van der Waals surface area contributed by atoms with Crippen LogP contribution in [-0.4, -0.2) is 116 Å². The van der Waals surface area contributed by atoms with Crippen molar-refractivity contribution in [2.24, 2.45) is 0 Å². The molecule has 2 fully saturated rings. The Hall–Kier alpha value is -5.02. The van der Waals surface area contributed by atoms with Crippen LogP contribution in [0.15, 0.2) is 93.3 Å². The lowest BCUT2D eigenvalue weighted by Crippen LogP contribution is -2.48. The highest BCUT2D eigenvalue weighted by Crippen LogP contribution is 2.35. The van der Waals surface area contributed by atoms with E-state index in [0.717, 1.165) is 27.1 Å². The first-order valence-corrected chi connectivity index (χ1v) is 25.1. The zero-order valence-corrected chi connectivity index (χ0v) is 40.1. The molecule has 4 heterocycles. The minimum absolute atomic E-state index is 0.0452. The first kappa shape index (κ1) is 47.0.